The maximum atomic E-state index is 11.2. The molecule has 0 aliphatic heterocycles. The van der Waals surface area contributed by atoms with E-state index in [1.807, 2.05) is 18.2 Å². The zero-order valence-electron chi connectivity index (χ0n) is 7.50. The minimum atomic E-state index is -0.227. The van der Waals surface area contributed by atoms with Gasteiger partial charge in [0.25, 0.3) is 0 Å². The van der Waals surface area contributed by atoms with Crippen LogP contribution in [0.15, 0.2) is 24.3 Å². The number of halogens is 2. The Morgan fingerprint density at radius 2 is 2.14 bits per heavy atom. The normalized spacial score (nSPS) is 9.86. The highest BCUT2D eigenvalue weighted by molar-refractivity contribution is 14.1. The topological polar surface area (TPSA) is 26.3 Å². The van der Waals surface area contributed by atoms with Crippen molar-refractivity contribution in [3.63, 3.8) is 0 Å². The molecule has 4 heteroatoms. The minimum Gasteiger partial charge on any atom is -0.425 e. The average Bonchev–Trinajstić information content (AvgIpc) is 2.18. The van der Waals surface area contributed by atoms with Crippen LogP contribution in [0.5, 0.6) is 5.75 Å². The van der Waals surface area contributed by atoms with Gasteiger partial charge in [-0.05, 0) is 41.1 Å². The van der Waals surface area contributed by atoms with Gasteiger partial charge in [-0.2, -0.15) is 0 Å². The first-order valence-electron chi connectivity index (χ1n) is 4.25. The monoisotopic (exact) mass is 324 g/mol. The van der Waals surface area contributed by atoms with Gasteiger partial charge in [0.05, 0.1) is 3.57 Å². The summed E-state index contributed by atoms with van der Waals surface area (Å²) in [4.78, 5) is 11.2. The Morgan fingerprint density at radius 3 is 2.79 bits per heavy atom. The molecule has 2 nitrogen and oxygen atoms in total. The van der Waals surface area contributed by atoms with E-state index in [9.17, 15) is 4.79 Å². The van der Waals surface area contributed by atoms with Crippen molar-refractivity contribution in [3.05, 3.63) is 27.8 Å². The van der Waals surface area contributed by atoms with Crippen LogP contribution in [0.3, 0.4) is 0 Å². The predicted molar refractivity (Wildman–Crippen MR) is 64.7 cm³/mol. The van der Waals surface area contributed by atoms with Crippen LogP contribution in [0.2, 0.25) is 0 Å². The van der Waals surface area contributed by atoms with Gasteiger partial charge in [-0.1, -0.05) is 12.1 Å². The van der Waals surface area contributed by atoms with Crippen molar-refractivity contribution >= 4 is 40.2 Å². The maximum Gasteiger partial charge on any atom is 0.311 e. The Balaban J connectivity index is 2.52. The third-order valence-corrected chi connectivity index (χ3v) is 2.73. The molecule has 0 atom stereocenters. The summed E-state index contributed by atoms with van der Waals surface area (Å²) in [7, 11) is 0. The Bertz CT molecular complexity index is 315. The fraction of sp³-hybridized carbons (Fsp3) is 0.300. The molecule has 0 bridgehead atoms. The molecule has 0 aliphatic carbocycles. The molecule has 0 amide bonds. The molecule has 0 saturated heterocycles. The Labute approximate surface area is 102 Å². The first-order valence-corrected chi connectivity index (χ1v) is 5.86. The number of carbonyl (C=O) groups is 1. The van der Waals surface area contributed by atoms with Gasteiger partial charge in [0.1, 0.15) is 5.75 Å². The Kier molecular flexibility index (Phi) is 5.25. The molecule has 1 aromatic rings. The molecule has 1 rings (SSSR count). The van der Waals surface area contributed by atoms with Gasteiger partial charge in [-0.15, -0.1) is 11.6 Å². The van der Waals surface area contributed by atoms with E-state index in [4.69, 9.17) is 16.3 Å². The van der Waals surface area contributed by atoms with Crippen LogP contribution in [0, 0.1) is 3.57 Å². The minimum absolute atomic E-state index is 0.227. The van der Waals surface area contributed by atoms with Gasteiger partial charge in [-0.3, -0.25) is 4.79 Å². The van der Waals surface area contributed by atoms with Gasteiger partial charge in [-0.25, -0.2) is 0 Å². The molecule has 0 aliphatic rings. The highest BCUT2D eigenvalue weighted by Crippen LogP contribution is 2.20. The summed E-state index contributed by atoms with van der Waals surface area (Å²) in [6.07, 6.45) is 1.03. The number of carbonyl (C=O) groups excluding carboxylic acids is 1. The zero-order valence-corrected chi connectivity index (χ0v) is 10.4. The van der Waals surface area contributed by atoms with Gasteiger partial charge < -0.3 is 4.74 Å². The number of hydrogen-bond donors (Lipinski definition) is 0. The smallest absolute Gasteiger partial charge is 0.311 e. The van der Waals surface area contributed by atoms with E-state index in [0.717, 1.165) is 3.57 Å². The fourth-order valence-electron chi connectivity index (χ4n) is 0.912. The van der Waals surface area contributed by atoms with E-state index < -0.39 is 0 Å². The van der Waals surface area contributed by atoms with Crippen molar-refractivity contribution in [2.24, 2.45) is 0 Å². The van der Waals surface area contributed by atoms with Crippen LogP contribution < -0.4 is 4.74 Å². The van der Waals surface area contributed by atoms with Crippen LogP contribution in [0.25, 0.3) is 0 Å². The number of rotatable bonds is 4. The maximum absolute atomic E-state index is 11.2. The molecule has 0 N–H and O–H groups in total. The third kappa shape index (κ3) is 3.84. The number of para-hydroxylation sites is 1. The van der Waals surface area contributed by atoms with Gasteiger partial charge in [0.15, 0.2) is 0 Å². The summed E-state index contributed by atoms with van der Waals surface area (Å²) in [5.74, 6) is 0.878. The SMILES string of the molecule is O=C(CCCCl)Oc1ccccc1I. The lowest BCUT2D eigenvalue weighted by Gasteiger charge is -2.04. The lowest BCUT2D eigenvalue weighted by atomic mass is 10.3. The number of alkyl halides is 1. The van der Waals surface area contributed by atoms with E-state index >= 15 is 0 Å². The summed E-state index contributed by atoms with van der Waals surface area (Å²) in [6, 6.07) is 7.41. The molecule has 0 heterocycles. The summed E-state index contributed by atoms with van der Waals surface area (Å²) < 4.78 is 6.08. The number of hydrogen-bond acceptors (Lipinski definition) is 2. The largest absolute Gasteiger partial charge is 0.425 e. The summed E-state index contributed by atoms with van der Waals surface area (Å²) in [5, 5.41) is 0. The molecule has 76 valence electrons. The first kappa shape index (κ1) is 11.8. The van der Waals surface area contributed by atoms with Crippen LogP contribution in [-0.2, 0) is 4.79 Å². The zero-order chi connectivity index (χ0) is 10.4. The van der Waals surface area contributed by atoms with E-state index in [-0.39, 0.29) is 5.97 Å². The van der Waals surface area contributed by atoms with Crippen LogP contribution in [0.4, 0.5) is 0 Å². The lowest BCUT2D eigenvalue weighted by Crippen LogP contribution is -2.08. The second kappa shape index (κ2) is 6.24. The average molecular weight is 325 g/mol. The summed E-state index contributed by atoms with van der Waals surface area (Å²) in [6.45, 7) is 0. The summed E-state index contributed by atoms with van der Waals surface area (Å²) in [5.41, 5.74) is 0. The molecule has 0 aromatic heterocycles. The van der Waals surface area contributed by atoms with Crippen LogP contribution in [0.1, 0.15) is 12.8 Å². The molecule has 0 fully saturated rings. The first-order chi connectivity index (χ1) is 6.74. The van der Waals surface area contributed by atoms with E-state index in [1.54, 1.807) is 6.07 Å². The highest BCUT2D eigenvalue weighted by atomic mass is 127. The van der Waals surface area contributed by atoms with Crippen molar-refractivity contribution in [1.29, 1.82) is 0 Å². The molecule has 1 aromatic carbocycles. The molecule has 0 radical (unpaired) electrons. The van der Waals surface area contributed by atoms with Crippen molar-refractivity contribution in [2.45, 2.75) is 12.8 Å². The highest BCUT2D eigenvalue weighted by Gasteiger charge is 2.06. The number of benzene rings is 1. The molecule has 0 saturated carbocycles. The quantitative estimate of drug-likeness (QED) is 0.368. The Hall–Kier alpha value is -0.290. The molecular weight excluding hydrogens is 314 g/mol. The van der Waals surface area contributed by atoms with Crippen LogP contribution in [-0.4, -0.2) is 11.8 Å². The van der Waals surface area contributed by atoms with Gasteiger partial charge in [0, 0.05) is 12.3 Å². The van der Waals surface area contributed by atoms with Gasteiger partial charge in [0.2, 0.25) is 0 Å². The molecule has 14 heavy (non-hydrogen) atoms. The van der Waals surface area contributed by atoms with Crippen molar-refractivity contribution in [3.8, 4) is 5.75 Å². The van der Waals surface area contributed by atoms with Crippen LogP contribution >= 0.6 is 34.2 Å². The molecular formula is C10H10ClIO2. The van der Waals surface area contributed by atoms with E-state index in [1.165, 1.54) is 0 Å². The molecule has 0 spiro atoms. The second-order valence-corrected chi connectivity index (χ2v) is 4.24. The predicted octanol–water partition coefficient (Wildman–Crippen LogP) is 3.22. The van der Waals surface area contributed by atoms with Crippen molar-refractivity contribution < 1.29 is 9.53 Å². The van der Waals surface area contributed by atoms with E-state index in [2.05, 4.69) is 22.6 Å². The lowest BCUT2D eigenvalue weighted by molar-refractivity contribution is -0.134. The Morgan fingerprint density at radius 1 is 1.43 bits per heavy atom. The van der Waals surface area contributed by atoms with E-state index in [0.29, 0.717) is 24.5 Å². The summed E-state index contributed by atoms with van der Waals surface area (Å²) >= 11 is 7.60. The number of ether oxygens (including phenoxy) is 1. The van der Waals surface area contributed by atoms with Crippen molar-refractivity contribution in [2.75, 3.05) is 5.88 Å². The fourth-order valence-corrected chi connectivity index (χ4v) is 1.54. The number of esters is 1. The molecule has 0 unspecified atom stereocenters. The van der Waals surface area contributed by atoms with Gasteiger partial charge >= 0.3 is 5.97 Å². The third-order valence-electron chi connectivity index (χ3n) is 1.57. The van der Waals surface area contributed by atoms with Crippen molar-refractivity contribution in [1.82, 2.24) is 0 Å². The standard InChI is InChI=1S/C10H10ClIO2/c11-7-3-6-10(13)14-9-5-2-1-4-8(9)12/h1-2,4-5H,3,6-7H2. The second-order valence-electron chi connectivity index (χ2n) is 2.70.